The first-order chi connectivity index (χ1) is 12.1. The normalized spacial score (nSPS) is 26.3. The van der Waals surface area contributed by atoms with Gasteiger partial charge in [0.25, 0.3) is 0 Å². The number of carbonyl (C=O) groups is 1. The van der Waals surface area contributed by atoms with Crippen LogP contribution in [-0.4, -0.2) is 40.1 Å². The van der Waals surface area contributed by atoms with Gasteiger partial charge in [0.1, 0.15) is 0 Å². The Labute approximate surface area is 149 Å². The molecule has 1 aromatic rings. The lowest BCUT2D eigenvalue weighted by Gasteiger charge is -2.23. The summed E-state index contributed by atoms with van der Waals surface area (Å²) in [7, 11) is 0. The van der Waals surface area contributed by atoms with E-state index >= 15 is 0 Å². The van der Waals surface area contributed by atoms with E-state index in [4.69, 9.17) is 9.84 Å². The molecule has 2 rings (SSSR count). The number of hydrogen-bond donors (Lipinski definition) is 3. The number of aliphatic carboxylic acids is 1. The molecule has 4 atom stereocenters. The van der Waals surface area contributed by atoms with Gasteiger partial charge in [0, 0.05) is 25.4 Å². The topological polar surface area (TPSA) is 87.0 Å². The van der Waals surface area contributed by atoms with E-state index in [9.17, 15) is 15.0 Å². The number of hydrogen-bond acceptors (Lipinski definition) is 4. The molecule has 1 aliphatic carbocycles. The van der Waals surface area contributed by atoms with Crippen molar-refractivity contribution in [1.29, 1.82) is 0 Å². The molecular weight excluding hydrogens is 320 g/mol. The molecule has 0 bridgehead atoms. The first kappa shape index (κ1) is 19.6. The Morgan fingerprint density at radius 2 is 1.96 bits per heavy atom. The van der Waals surface area contributed by atoms with Gasteiger partial charge in [-0.05, 0) is 30.7 Å². The highest BCUT2D eigenvalue weighted by Crippen LogP contribution is 2.37. The van der Waals surface area contributed by atoms with Gasteiger partial charge in [-0.25, -0.2) is 0 Å². The minimum absolute atomic E-state index is 0.00592. The maximum absolute atomic E-state index is 10.5. The fraction of sp³-hybridized carbons (Fsp3) is 0.550. The molecule has 3 N–H and O–H groups in total. The fourth-order valence-corrected chi connectivity index (χ4v) is 3.44. The predicted molar refractivity (Wildman–Crippen MR) is 95.0 cm³/mol. The third-order valence-electron chi connectivity index (χ3n) is 4.85. The number of carboxylic acids is 1. The molecule has 25 heavy (non-hydrogen) atoms. The Morgan fingerprint density at radius 3 is 2.64 bits per heavy atom. The van der Waals surface area contributed by atoms with Crippen molar-refractivity contribution in [2.75, 3.05) is 6.61 Å². The molecular formula is C20H28O5. The first-order valence-corrected chi connectivity index (χ1v) is 8.93. The highest BCUT2D eigenvalue weighted by atomic mass is 16.5. The maximum atomic E-state index is 10.5. The van der Waals surface area contributed by atoms with Crippen LogP contribution >= 0.6 is 0 Å². The van der Waals surface area contributed by atoms with Gasteiger partial charge in [0.2, 0.25) is 0 Å². The Balaban J connectivity index is 1.80. The van der Waals surface area contributed by atoms with Gasteiger partial charge in [0.15, 0.2) is 0 Å². The molecule has 0 aromatic heterocycles. The SMILES string of the molecule is O=C(O)CCCC=CC[C@@H]1[C@@H](CO)[C@H](OCc2ccccc2)C[C@H]1O. The van der Waals surface area contributed by atoms with E-state index in [1.54, 1.807) is 0 Å². The molecule has 0 heterocycles. The van der Waals surface area contributed by atoms with E-state index in [0.29, 0.717) is 32.3 Å². The van der Waals surface area contributed by atoms with Crippen LogP contribution in [0.15, 0.2) is 42.5 Å². The molecule has 1 saturated carbocycles. The highest BCUT2D eigenvalue weighted by molar-refractivity contribution is 5.66. The molecule has 138 valence electrons. The van der Waals surface area contributed by atoms with Crippen LogP contribution < -0.4 is 0 Å². The Bertz CT molecular complexity index is 542. The van der Waals surface area contributed by atoms with Crippen LogP contribution in [0.1, 0.15) is 37.7 Å². The third-order valence-corrected chi connectivity index (χ3v) is 4.85. The number of ether oxygens (including phenoxy) is 1. The van der Waals surface area contributed by atoms with Gasteiger partial charge in [-0.1, -0.05) is 42.5 Å². The monoisotopic (exact) mass is 348 g/mol. The van der Waals surface area contributed by atoms with Gasteiger partial charge in [-0.3, -0.25) is 4.79 Å². The van der Waals surface area contributed by atoms with Crippen LogP contribution in [0.4, 0.5) is 0 Å². The second-order valence-electron chi connectivity index (χ2n) is 6.64. The minimum Gasteiger partial charge on any atom is -0.481 e. The lowest BCUT2D eigenvalue weighted by atomic mass is 9.91. The summed E-state index contributed by atoms with van der Waals surface area (Å²) in [5.74, 6) is -0.887. The lowest BCUT2D eigenvalue weighted by Crippen LogP contribution is -2.26. The average molecular weight is 348 g/mol. The van der Waals surface area contributed by atoms with Crippen molar-refractivity contribution in [2.45, 2.75) is 50.9 Å². The van der Waals surface area contributed by atoms with Crippen molar-refractivity contribution in [3.63, 3.8) is 0 Å². The van der Waals surface area contributed by atoms with Crippen molar-refractivity contribution < 1.29 is 24.9 Å². The molecule has 1 aromatic carbocycles. The summed E-state index contributed by atoms with van der Waals surface area (Å²) in [6.45, 7) is 0.473. The van der Waals surface area contributed by atoms with Crippen molar-refractivity contribution in [2.24, 2.45) is 11.8 Å². The number of benzene rings is 1. The van der Waals surface area contributed by atoms with Gasteiger partial charge < -0.3 is 20.1 Å². The van der Waals surface area contributed by atoms with Crippen molar-refractivity contribution >= 4 is 5.97 Å². The number of carboxylic acid groups (broad SMARTS) is 1. The van der Waals surface area contributed by atoms with Gasteiger partial charge >= 0.3 is 5.97 Å². The van der Waals surface area contributed by atoms with Crippen LogP contribution in [0.5, 0.6) is 0 Å². The van der Waals surface area contributed by atoms with E-state index in [-0.39, 0.29) is 31.0 Å². The Morgan fingerprint density at radius 1 is 1.20 bits per heavy atom. The van der Waals surface area contributed by atoms with E-state index in [1.165, 1.54) is 0 Å². The quantitative estimate of drug-likeness (QED) is 0.447. The predicted octanol–water partition coefficient (Wildman–Crippen LogP) is 2.76. The second kappa shape index (κ2) is 10.3. The Hall–Kier alpha value is -1.69. The molecule has 0 spiro atoms. The van der Waals surface area contributed by atoms with Gasteiger partial charge in [-0.15, -0.1) is 0 Å². The number of allylic oxidation sites excluding steroid dienone is 2. The fourth-order valence-electron chi connectivity index (χ4n) is 3.44. The Kier molecular flexibility index (Phi) is 8.12. The van der Waals surface area contributed by atoms with Gasteiger partial charge in [0.05, 0.1) is 18.8 Å². The first-order valence-electron chi connectivity index (χ1n) is 8.93. The van der Waals surface area contributed by atoms with E-state index < -0.39 is 12.1 Å². The van der Waals surface area contributed by atoms with Crippen LogP contribution in [0.3, 0.4) is 0 Å². The standard InChI is InChI=1S/C20H28O5/c21-13-17-16(10-6-1-2-7-11-20(23)24)18(22)12-19(17)25-14-15-8-4-3-5-9-15/h1,3-6,8-9,16-19,21-22H,2,7,10-14H2,(H,23,24)/t16-,17-,18-,19-/m1/s1. The molecule has 0 radical (unpaired) electrons. The zero-order valence-corrected chi connectivity index (χ0v) is 14.5. The molecule has 0 aliphatic heterocycles. The smallest absolute Gasteiger partial charge is 0.303 e. The van der Waals surface area contributed by atoms with Crippen molar-refractivity contribution in [3.05, 3.63) is 48.0 Å². The van der Waals surface area contributed by atoms with Crippen LogP contribution in [-0.2, 0) is 16.1 Å². The summed E-state index contributed by atoms with van der Waals surface area (Å²) >= 11 is 0. The largest absolute Gasteiger partial charge is 0.481 e. The summed E-state index contributed by atoms with van der Waals surface area (Å²) in [5.41, 5.74) is 1.08. The third kappa shape index (κ3) is 6.27. The maximum Gasteiger partial charge on any atom is 0.303 e. The summed E-state index contributed by atoms with van der Waals surface area (Å²) in [4.78, 5) is 10.5. The molecule has 0 saturated heterocycles. The summed E-state index contributed by atoms with van der Waals surface area (Å²) in [6, 6.07) is 9.87. The molecule has 5 heteroatoms. The average Bonchev–Trinajstić information content (AvgIpc) is 2.91. The number of unbranched alkanes of at least 4 members (excludes halogenated alkanes) is 1. The van der Waals surface area contributed by atoms with Gasteiger partial charge in [-0.2, -0.15) is 0 Å². The number of rotatable bonds is 10. The van der Waals surface area contributed by atoms with E-state index in [1.807, 2.05) is 42.5 Å². The van der Waals surface area contributed by atoms with E-state index in [2.05, 4.69) is 0 Å². The highest BCUT2D eigenvalue weighted by Gasteiger charge is 2.42. The zero-order chi connectivity index (χ0) is 18.1. The summed E-state index contributed by atoms with van der Waals surface area (Å²) in [5, 5.41) is 28.7. The molecule has 0 unspecified atom stereocenters. The lowest BCUT2D eigenvalue weighted by molar-refractivity contribution is -0.137. The van der Waals surface area contributed by atoms with Crippen molar-refractivity contribution in [3.8, 4) is 0 Å². The number of aliphatic hydroxyl groups is 2. The second-order valence-corrected chi connectivity index (χ2v) is 6.64. The number of aliphatic hydroxyl groups excluding tert-OH is 2. The molecule has 5 nitrogen and oxygen atoms in total. The zero-order valence-electron chi connectivity index (χ0n) is 14.5. The van der Waals surface area contributed by atoms with E-state index in [0.717, 1.165) is 5.56 Å². The molecule has 1 fully saturated rings. The van der Waals surface area contributed by atoms with Crippen LogP contribution in [0.2, 0.25) is 0 Å². The van der Waals surface area contributed by atoms with Crippen molar-refractivity contribution in [1.82, 2.24) is 0 Å². The summed E-state index contributed by atoms with van der Waals surface area (Å²) < 4.78 is 5.96. The minimum atomic E-state index is -0.779. The van der Waals surface area contributed by atoms with Crippen LogP contribution in [0, 0.1) is 11.8 Å². The van der Waals surface area contributed by atoms with Crippen LogP contribution in [0.25, 0.3) is 0 Å². The molecule has 0 amide bonds. The molecule has 1 aliphatic rings. The summed E-state index contributed by atoms with van der Waals surface area (Å²) in [6.07, 6.45) is 6.02.